The summed E-state index contributed by atoms with van der Waals surface area (Å²) in [7, 11) is 4.97. The largest absolute Gasteiger partial charge is 0.345 e. The summed E-state index contributed by atoms with van der Waals surface area (Å²) in [6.07, 6.45) is 7.07. The minimum absolute atomic E-state index is 0.0305. The molecule has 11 heteroatoms. The molecule has 5 aromatic rings. The van der Waals surface area contributed by atoms with Gasteiger partial charge >= 0.3 is 0 Å². The van der Waals surface area contributed by atoms with Crippen LogP contribution in [-0.4, -0.2) is 54.4 Å². The molecule has 39 heavy (non-hydrogen) atoms. The number of anilines is 2. The van der Waals surface area contributed by atoms with Gasteiger partial charge in [-0.1, -0.05) is 18.2 Å². The smallest absolute Gasteiger partial charge is 0.267 e. The highest BCUT2D eigenvalue weighted by Gasteiger charge is 2.15. The maximum Gasteiger partial charge on any atom is 0.267 e. The van der Waals surface area contributed by atoms with Gasteiger partial charge in [0, 0.05) is 68.2 Å². The van der Waals surface area contributed by atoms with Crippen molar-refractivity contribution in [1.29, 1.82) is 0 Å². The van der Waals surface area contributed by atoms with Crippen molar-refractivity contribution in [1.82, 2.24) is 34.4 Å². The molecule has 0 fully saturated rings. The monoisotopic (exact) mass is 524 g/mol. The molecule has 0 unspecified atom stereocenters. The normalized spacial score (nSPS) is 10.9. The summed E-state index contributed by atoms with van der Waals surface area (Å²) >= 11 is 0. The summed E-state index contributed by atoms with van der Waals surface area (Å²) < 4.78 is 17.7. The van der Waals surface area contributed by atoms with Crippen LogP contribution in [0.5, 0.6) is 0 Å². The van der Waals surface area contributed by atoms with Crippen LogP contribution in [0, 0.1) is 5.82 Å². The molecule has 0 radical (unpaired) electrons. The van der Waals surface area contributed by atoms with Crippen LogP contribution in [0.15, 0.2) is 84.2 Å². The van der Waals surface area contributed by atoms with E-state index in [2.05, 4.69) is 25.5 Å². The Morgan fingerprint density at radius 2 is 1.77 bits per heavy atom. The first kappa shape index (κ1) is 25.5. The number of benzene rings is 2. The first-order chi connectivity index (χ1) is 18.8. The number of aryl methyl sites for hydroxylation is 1. The zero-order chi connectivity index (χ0) is 27.5. The molecule has 0 saturated heterocycles. The van der Waals surface area contributed by atoms with E-state index in [9.17, 15) is 14.0 Å². The number of amides is 1. The molecule has 5 rings (SSSR count). The quantitative estimate of drug-likeness (QED) is 0.345. The van der Waals surface area contributed by atoms with Crippen molar-refractivity contribution < 1.29 is 9.18 Å². The zero-order valence-electron chi connectivity index (χ0n) is 21.5. The molecular formula is C28H25FN8O2. The molecule has 196 valence electrons. The van der Waals surface area contributed by atoms with Gasteiger partial charge in [-0.15, -0.1) is 0 Å². The fourth-order valence-electron chi connectivity index (χ4n) is 3.97. The van der Waals surface area contributed by atoms with Crippen LogP contribution in [-0.2, 0) is 13.6 Å². The number of rotatable bonds is 7. The summed E-state index contributed by atoms with van der Waals surface area (Å²) in [5.74, 6) is -0.657. The van der Waals surface area contributed by atoms with Gasteiger partial charge in [-0.05, 0) is 35.9 Å². The van der Waals surface area contributed by atoms with Gasteiger partial charge in [0.1, 0.15) is 5.82 Å². The Kier molecular flexibility index (Phi) is 6.96. The minimum atomic E-state index is -0.653. The average molecular weight is 525 g/mol. The van der Waals surface area contributed by atoms with Gasteiger partial charge in [0.2, 0.25) is 5.95 Å². The highest BCUT2D eigenvalue weighted by Crippen LogP contribution is 2.22. The summed E-state index contributed by atoms with van der Waals surface area (Å²) in [6, 6.07) is 14.7. The van der Waals surface area contributed by atoms with E-state index in [1.165, 1.54) is 33.8 Å². The Labute approximate surface area is 223 Å². The highest BCUT2D eigenvalue weighted by atomic mass is 19.1. The Balaban J connectivity index is 1.33. The number of hydrogen-bond donors (Lipinski definition) is 1. The van der Waals surface area contributed by atoms with Crippen molar-refractivity contribution in [2.24, 2.45) is 7.05 Å². The maximum absolute atomic E-state index is 14.6. The lowest BCUT2D eigenvalue weighted by atomic mass is 10.1. The molecule has 10 nitrogen and oxygen atoms in total. The van der Waals surface area contributed by atoms with Crippen LogP contribution < -0.4 is 10.9 Å². The molecule has 0 spiro atoms. The lowest BCUT2D eigenvalue weighted by Crippen LogP contribution is -2.23. The zero-order valence-corrected chi connectivity index (χ0v) is 21.5. The topological polar surface area (TPSA) is 111 Å². The molecule has 3 aromatic heterocycles. The van der Waals surface area contributed by atoms with E-state index in [4.69, 9.17) is 0 Å². The van der Waals surface area contributed by atoms with Crippen LogP contribution in [0.2, 0.25) is 0 Å². The van der Waals surface area contributed by atoms with Gasteiger partial charge in [0.15, 0.2) is 0 Å². The summed E-state index contributed by atoms with van der Waals surface area (Å²) in [5, 5.41) is 11.8. The Hall–Kier alpha value is -5.19. The second-order valence-corrected chi connectivity index (χ2v) is 9.13. The van der Waals surface area contributed by atoms with E-state index in [0.717, 1.165) is 22.4 Å². The Morgan fingerprint density at radius 3 is 2.46 bits per heavy atom. The van der Waals surface area contributed by atoms with Crippen molar-refractivity contribution in [2.45, 2.75) is 6.54 Å². The van der Waals surface area contributed by atoms with Crippen molar-refractivity contribution in [3.8, 4) is 22.4 Å². The van der Waals surface area contributed by atoms with Crippen molar-refractivity contribution in [3.63, 3.8) is 0 Å². The first-order valence-corrected chi connectivity index (χ1v) is 12.0. The number of nitrogens with zero attached hydrogens (tertiary/aromatic N) is 7. The molecule has 0 aliphatic rings. The summed E-state index contributed by atoms with van der Waals surface area (Å²) in [5.41, 5.74) is 3.88. The van der Waals surface area contributed by atoms with E-state index < -0.39 is 11.7 Å². The molecule has 0 atom stereocenters. The second kappa shape index (κ2) is 10.7. The molecule has 0 saturated carbocycles. The SMILES string of the molecule is CN(C)C(=O)c1ccc(-c2ccc(=O)n(Cc3cccc(Nc4ncc(-c5cnn(C)c5)cn4)c3)n2)cc1F. The molecule has 1 N–H and O–H groups in total. The molecule has 3 heterocycles. The average Bonchev–Trinajstić information content (AvgIpc) is 3.36. The van der Waals surface area contributed by atoms with E-state index >= 15 is 0 Å². The number of carbonyl (C=O) groups is 1. The van der Waals surface area contributed by atoms with Crippen LogP contribution in [0.4, 0.5) is 16.0 Å². The van der Waals surface area contributed by atoms with Crippen molar-refractivity contribution >= 4 is 17.5 Å². The van der Waals surface area contributed by atoms with Crippen molar-refractivity contribution in [2.75, 3.05) is 19.4 Å². The fourth-order valence-corrected chi connectivity index (χ4v) is 3.97. The van der Waals surface area contributed by atoms with E-state index in [0.29, 0.717) is 17.2 Å². The highest BCUT2D eigenvalue weighted by molar-refractivity contribution is 5.94. The maximum atomic E-state index is 14.6. The Bertz CT molecular complexity index is 1710. The van der Waals surface area contributed by atoms with Crippen LogP contribution in [0.3, 0.4) is 0 Å². The van der Waals surface area contributed by atoms with E-state index in [-0.39, 0.29) is 17.7 Å². The van der Waals surface area contributed by atoms with Crippen LogP contribution in [0.1, 0.15) is 15.9 Å². The molecule has 0 aliphatic carbocycles. The predicted molar refractivity (Wildman–Crippen MR) is 145 cm³/mol. The first-order valence-electron chi connectivity index (χ1n) is 12.0. The lowest BCUT2D eigenvalue weighted by molar-refractivity contribution is 0.0823. The summed E-state index contributed by atoms with van der Waals surface area (Å²) in [6.45, 7) is 0.197. The fraction of sp³-hybridized carbons (Fsp3) is 0.143. The molecule has 1 amide bonds. The van der Waals surface area contributed by atoms with Gasteiger partial charge in [-0.2, -0.15) is 10.2 Å². The van der Waals surface area contributed by atoms with Gasteiger partial charge in [-0.3, -0.25) is 14.3 Å². The van der Waals surface area contributed by atoms with E-state index in [1.54, 1.807) is 43.4 Å². The second-order valence-electron chi connectivity index (χ2n) is 9.13. The number of halogens is 1. The Morgan fingerprint density at radius 1 is 0.974 bits per heavy atom. The number of carbonyl (C=O) groups excluding carboxylic acids is 1. The van der Waals surface area contributed by atoms with Gasteiger partial charge in [0.25, 0.3) is 11.5 Å². The lowest BCUT2D eigenvalue weighted by Gasteiger charge is -2.12. The number of aromatic nitrogens is 6. The van der Waals surface area contributed by atoms with Crippen molar-refractivity contribution in [3.05, 3.63) is 107 Å². The summed E-state index contributed by atoms with van der Waals surface area (Å²) in [4.78, 5) is 34.8. The van der Waals surface area contributed by atoms with E-state index in [1.807, 2.05) is 37.5 Å². The number of nitrogens with one attached hydrogen (secondary N) is 1. The van der Waals surface area contributed by atoms with Gasteiger partial charge < -0.3 is 10.2 Å². The molecule has 0 aliphatic heterocycles. The molecule has 0 bridgehead atoms. The van der Waals surface area contributed by atoms with Crippen LogP contribution >= 0.6 is 0 Å². The third kappa shape index (κ3) is 5.72. The predicted octanol–water partition coefficient (Wildman–Crippen LogP) is 3.73. The minimum Gasteiger partial charge on any atom is -0.345 e. The number of hydrogen-bond acceptors (Lipinski definition) is 7. The molecular weight excluding hydrogens is 499 g/mol. The van der Waals surface area contributed by atoms with Gasteiger partial charge in [-0.25, -0.2) is 19.0 Å². The van der Waals surface area contributed by atoms with Crippen LogP contribution in [0.25, 0.3) is 22.4 Å². The third-order valence-corrected chi connectivity index (χ3v) is 5.97. The van der Waals surface area contributed by atoms with Gasteiger partial charge in [0.05, 0.1) is 24.0 Å². The standard InChI is InChI=1S/C28H25FN8O2/c1-35(2)27(39)23-8-7-19(12-24(23)29)25-9-10-26(38)37(34-25)16-18-5-4-6-22(11-18)33-28-30-13-20(14-31-28)21-15-32-36(3)17-21/h4-15,17H,16H2,1-3H3,(H,30,31,33). The third-order valence-electron chi connectivity index (χ3n) is 5.97. The molecule has 2 aromatic carbocycles.